The molecule has 0 amide bonds. The zero-order valence-corrected chi connectivity index (χ0v) is 8.84. The van der Waals surface area contributed by atoms with Crippen molar-refractivity contribution in [1.82, 2.24) is 15.3 Å². The number of aryl methyl sites for hydroxylation is 1. The van der Waals surface area contributed by atoms with Crippen LogP contribution in [-0.2, 0) is 6.42 Å². The van der Waals surface area contributed by atoms with E-state index in [0.717, 1.165) is 19.5 Å². The minimum absolute atomic E-state index is 0.654. The van der Waals surface area contributed by atoms with Gasteiger partial charge in [0.15, 0.2) is 0 Å². The Morgan fingerprint density at radius 2 is 2.21 bits per heavy atom. The third-order valence-electron chi connectivity index (χ3n) is 2.89. The number of rotatable bonds is 3. The van der Waals surface area contributed by atoms with Gasteiger partial charge in [-0.3, -0.25) is 0 Å². The summed E-state index contributed by atoms with van der Waals surface area (Å²) in [4.78, 5) is 7.92. The molecule has 2 N–H and O–H groups in total. The molecule has 78 valence electrons. The van der Waals surface area contributed by atoms with E-state index >= 15 is 0 Å². The molecule has 1 fully saturated rings. The molecule has 0 bridgehead atoms. The van der Waals surface area contributed by atoms with E-state index in [9.17, 15) is 0 Å². The van der Waals surface area contributed by atoms with E-state index in [2.05, 4.69) is 22.2 Å². The second kappa shape index (κ2) is 4.60. The maximum Gasteiger partial charge on any atom is 0.109 e. The lowest BCUT2D eigenvalue weighted by Gasteiger charge is -2.20. The molecule has 1 aliphatic rings. The Morgan fingerprint density at radius 3 is 2.93 bits per heavy atom. The van der Waals surface area contributed by atoms with Gasteiger partial charge in [-0.15, -0.1) is 0 Å². The van der Waals surface area contributed by atoms with Gasteiger partial charge < -0.3 is 10.3 Å². The number of hydrogen-bond acceptors (Lipinski definition) is 2. The van der Waals surface area contributed by atoms with E-state index in [1.807, 2.05) is 6.20 Å². The summed E-state index contributed by atoms with van der Waals surface area (Å²) in [5.74, 6) is 1.86. The smallest absolute Gasteiger partial charge is 0.109 e. The number of aromatic amines is 1. The Labute approximate surface area is 85.3 Å². The highest BCUT2D eigenvalue weighted by atomic mass is 14.9. The third-order valence-corrected chi connectivity index (χ3v) is 2.89. The number of aromatic nitrogens is 2. The number of piperidine rings is 1. The van der Waals surface area contributed by atoms with Crippen molar-refractivity contribution in [3.8, 4) is 0 Å². The molecule has 0 saturated carbocycles. The Kier molecular flexibility index (Phi) is 3.19. The fraction of sp³-hybridized carbons (Fsp3) is 0.727. The van der Waals surface area contributed by atoms with E-state index in [0.29, 0.717) is 5.92 Å². The zero-order chi connectivity index (χ0) is 9.80. The normalized spacial score (nSPS) is 18.6. The summed E-state index contributed by atoms with van der Waals surface area (Å²) in [6.45, 7) is 4.47. The Balaban J connectivity index is 2.00. The molecule has 0 spiro atoms. The van der Waals surface area contributed by atoms with E-state index in [4.69, 9.17) is 0 Å². The number of nitrogens with one attached hydrogen (secondary N) is 2. The van der Waals surface area contributed by atoms with Crippen molar-refractivity contribution in [2.45, 2.75) is 38.5 Å². The van der Waals surface area contributed by atoms with Crippen molar-refractivity contribution >= 4 is 0 Å². The number of hydrogen-bond donors (Lipinski definition) is 2. The molecule has 1 saturated heterocycles. The first-order valence-electron chi connectivity index (χ1n) is 5.64. The van der Waals surface area contributed by atoms with Crippen LogP contribution in [0.3, 0.4) is 0 Å². The first-order valence-corrected chi connectivity index (χ1v) is 5.64. The maximum atomic E-state index is 4.48. The van der Waals surface area contributed by atoms with Gasteiger partial charge >= 0.3 is 0 Å². The van der Waals surface area contributed by atoms with Crippen molar-refractivity contribution in [3.63, 3.8) is 0 Å². The molecule has 2 rings (SSSR count). The first kappa shape index (κ1) is 9.71. The summed E-state index contributed by atoms with van der Waals surface area (Å²) in [7, 11) is 0. The number of nitrogens with zero attached hydrogens (tertiary/aromatic N) is 1. The van der Waals surface area contributed by atoms with Crippen LogP contribution in [0.25, 0.3) is 0 Å². The highest BCUT2D eigenvalue weighted by Crippen LogP contribution is 2.22. The van der Waals surface area contributed by atoms with Gasteiger partial charge in [0, 0.05) is 17.8 Å². The second-order valence-corrected chi connectivity index (χ2v) is 4.07. The fourth-order valence-corrected chi connectivity index (χ4v) is 2.08. The molecule has 0 aromatic carbocycles. The molecule has 1 aromatic heterocycles. The van der Waals surface area contributed by atoms with Gasteiger partial charge in [0.1, 0.15) is 5.82 Å². The molecule has 1 aliphatic heterocycles. The van der Waals surface area contributed by atoms with Gasteiger partial charge in [0.2, 0.25) is 0 Å². The Bertz CT molecular complexity index is 274. The van der Waals surface area contributed by atoms with E-state index < -0.39 is 0 Å². The van der Waals surface area contributed by atoms with Gasteiger partial charge in [-0.2, -0.15) is 0 Å². The SMILES string of the molecule is CCCc1cnc(C2CCNCC2)[nH]1. The topological polar surface area (TPSA) is 40.7 Å². The fourth-order valence-electron chi connectivity index (χ4n) is 2.08. The molecule has 0 aliphatic carbocycles. The molecule has 0 radical (unpaired) electrons. The van der Waals surface area contributed by atoms with Gasteiger partial charge in [-0.25, -0.2) is 4.98 Å². The zero-order valence-electron chi connectivity index (χ0n) is 8.84. The molecule has 1 aromatic rings. The third kappa shape index (κ3) is 2.15. The summed E-state index contributed by atoms with van der Waals surface area (Å²) in [6.07, 6.45) is 6.75. The quantitative estimate of drug-likeness (QED) is 0.769. The summed E-state index contributed by atoms with van der Waals surface area (Å²) in [5, 5.41) is 3.37. The van der Waals surface area contributed by atoms with Crippen molar-refractivity contribution in [1.29, 1.82) is 0 Å². The van der Waals surface area contributed by atoms with Crippen LogP contribution in [0.15, 0.2) is 6.20 Å². The van der Waals surface area contributed by atoms with Crippen LogP contribution in [0.1, 0.15) is 43.6 Å². The average Bonchev–Trinajstić information content (AvgIpc) is 2.68. The monoisotopic (exact) mass is 193 g/mol. The molecule has 0 unspecified atom stereocenters. The first-order chi connectivity index (χ1) is 6.90. The molecule has 3 heteroatoms. The summed E-state index contributed by atoms with van der Waals surface area (Å²) in [6, 6.07) is 0. The minimum Gasteiger partial charge on any atom is -0.346 e. The Hall–Kier alpha value is -0.830. The largest absolute Gasteiger partial charge is 0.346 e. The molecule has 14 heavy (non-hydrogen) atoms. The van der Waals surface area contributed by atoms with E-state index in [1.165, 1.54) is 30.8 Å². The summed E-state index contributed by atoms with van der Waals surface area (Å²) in [5.41, 5.74) is 1.29. The number of imidazole rings is 1. The average molecular weight is 193 g/mol. The van der Waals surface area contributed by atoms with Crippen LogP contribution in [-0.4, -0.2) is 23.1 Å². The number of H-pyrrole nitrogens is 1. The van der Waals surface area contributed by atoms with Crippen LogP contribution >= 0.6 is 0 Å². The maximum absolute atomic E-state index is 4.48. The highest BCUT2D eigenvalue weighted by molar-refractivity contribution is 5.06. The van der Waals surface area contributed by atoms with Crippen LogP contribution in [0.4, 0.5) is 0 Å². The van der Waals surface area contributed by atoms with Crippen molar-refractivity contribution in [2.75, 3.05) is 13.1 Å². The van der Waals surface area contributed by atoms with Gasteiger partial charge in [-0.1, -0.05) is 13.3 Å². The highest BCUT2D eigenvalue weighted by Gasteiger charge is 2.17. The van der Waals surface area contributed by atoms with Gasteiger partial charge in [0.05, 0.1) is 0 Å². The molecular weight excluding hydrogens is 174 g/mol. The molecule has 0 atom stereocenters. The van der Waals surface area contributed by atoms with Crippen LogP contribution in [0.5, 0.6) is 0 Å². The standard InChI is InChI=1S/C11H19N3/c1-2-3-10-8-13-11(14-10)9-4-6-12-7-5-9/h8-9,12H,2-7H2,1H3,(H,13,14). The molecule has 2 heterocycles. The van der Waals surface area contributed by atoms with Gasteiger partial charge in [0.25, 0.3) is 0 Å². The van der Waals surface area contributed by atoms with Crippen molar-refractivity contribution in [3.05, 3.63) is 17.7 Å². The lowest BCUT2D eigenvalue weighted by molar-refractivity contribution is 0.447. The van der Waals surface area contributed by atoms with E-state index in [1.54, 1.807) is 0 Å². The predicted molar refractivity (Wildman–Crippen MR) is 57.4 cm³/mol. The van der Waals surface area contributed by atoms with Crippen molar-refractivity contribution < 1.29 is 0 Å². The predicted octanol–water partition coefficient (Wildman–Crippen LogP) is 1.83. The second-order valence-electron chi connectivity index (χ2n) is 4.07. The summed E-state index contributed by atoms with van der Waals surface area (Å²) >= 11 is 0. The van der Waals surface area contributed by atoms with Crippen LogP contribution in [0.2, 0.25) is 0 Å². The van der Waals surface area contributed by atoms with Gasteiger partial charge in [-0.05, 0) is 32.4 Å². The minimum atomic E-state index is 0.654. The van der Waals surface area contributed by atoms with Crippen LogP contribution < -0.4 is 5.32 Å². The van der Waals surface area contributed by atoms with Crippen LogP contribution in [0, 0.1) is 0 Å². The van der Waals surface area contributed by atoms with Crippen molar-refractivity contribution in [2.24, 2.45) is 0 Å². The molecular formula is C11H19N3. The molecule has 3 nitrogen and oxygen atoms in total. The Morgan fingerprint density at radius 1 is 1.43 bits per heavy atom. The summed E-state index contributed by atoms with van der Waals surface area (Å²) < 4.78 is 0. The lowest BCUT2D eigenvalue weighted by atomic mass is 9.98. The lowest BCUT2D eigenvalue weighted by Crippen LogP contribution is -2.27. The van der Waals surface area contributed by atoms with E-state index in [-0.39, 0.29) is 0 Å².